The van der Waals surface area contributed by atoms with E-state index < -0.39 is 0 Å². The van der Waals surface area contributed by atoms with Gasteiger partial charge in [-0.05, 0) is 29.0 Å². The van der Waals surface area contributed by atoms with Crippen molar-refractivity contribution in [1.82, 2.24) is 10.3 Å². The van der Waals surface area contributed by atoms with Gasteiger partial charge in [0, 0.05) is 24.3 Å². The van der Waals surface area contributed by atoms with Gasteiger partial charge in [-0.3, -0.25) is 0 Å². The highest BCUT2D eigenvalue weighted by atomic mass is 16.3. The third-order valence-electron chi connectivity index (χ3n) is 3.19. The Hall–Kier alpha value is -1.32. The third-order valence-corrected chi connectivity index (χ3v) is 3.19. The SMILES string of the molecule is CC(C)C(CO)NCc1ccc2cc[nH]c2c1. The number of H-pyrrole nitrogens is 1. The Morgan fingerprint density at radius 1 is 1.29 bits per heavy atom. The Labute approximate surface area is 102 Å². The van der Waals surface area contributed by atoms with Gasteiger partial charge >= 0.3 is 0 Å². The van der Waals surface area contributed by atoms with Crippen molar-refractivity contribution in [3.05, 3.63) is 36.0 Å². The van der Waals surface area contributed by atoms with Gasteiger partial charge in [-0.1, -0.05) is 26.0 Å². The number of hydrogen-bond donors (Lipinski definition) is 3. The smallest absolute Gasteiger partial charge is 0.0587 e. The first kappa shape index (κ1) is 12.1. The maximum atomic E-state index is 9.24. The van der Waals surface area contributed by atoms with E-state index in [9.17, 15) is 5.11 Å². The molecule has 1 atom stereocenters. The molecule has 0 saturated heterocycles. The van der Waals surface area contributed by atoms with Crippen LogP contribution < -0.4 is 5.32 Å². The molecule has 1 unspecified atom stereocenters. The Bertz CT molecular complexity index is 476. The van der Waals surface area contributed by atoms with Crippen LogP contribution in [0, 0.1) is 5.92 Å². The van der Waals surface area contributed by atoms with Gasteiger partial charge in [-0.2, -0.15) is 0 Å². The number of rotatable bonds is 5. The van der Waals surface area contributed by atoms with E-state index in [-0.39, 0.29) is 12.6 Å². The quantitative estimate of drug-likeness (QED) is 0.740. The third kappa shape index (κ3) is 2.87. The Kier molecular flexibility index (Phi) is 3.82. The second kappa shape index (κ2) is 5.34. The van der Waals surface area contributed by atoms with E-state index in [4.69, 9.17) is 0 Å². The summed E-state index contributed by atoms with van der Waals surface area (Å²) in [6.45, 7) is 5.20. The van der Waals surface area contributed by atoms with Crippen molar-refractivity contribution < 1.29 is 5.11 Å². The van der Waals surface area contributed by atoms with E-state index in [1.54, 1.807) is 0 Å². The first-order chi connectivity index (χ1) is 8.20. The summed E-state index contributed by atoms with van der Waals surface area (Å²) < 4.78 is 0. The topological polar surface area (TPSA) is 48.0 Å². The lowest BCUT2D eigenvalue weighted by Gasteiger charge is -2.19. The molecule has 2 rings (SSSR count). The zero-order valence-electron chi connectivity index (χ0n) is 10.4. The fraction of sp³-hybridized carbons (Fsp3) is 0.429. The monoisotopic (exact) mass is 232 g/mol. The minimum absolute atomic E-state index is 0.161. The van der Waals surface area contributed by atoms with Gasteiger partial charge in [0.1, 0.15) is 0 Å². The van der Waals surface area contributed by atoms with E-state index in [1.807, 2.05) is 6.20 Å². The normalized spacial score (nSPS) is 13.4. The van der Waals surface area contributed by atoms with Crippen LogP contribution in [0.4, 0.5) is 0 Å². The summed E-state index contributed by atoms with van der Waals surface area (Å²) in [6.07, 6.45) is 1.95. The number of fused-ring (bicyclic) bond motifs is 1. The van der Waals surface area contributed by atoms with Gasteiger partial charge < -0.3 is 15.4 Å². The van der Waals surface area contributed by atoms with Crippen LogP contribution in [0.15, 0.2) is 30.5 Å². The molecule has 0 aliphatic heterocycles. The van der Waals surface area contributed by atoms with Crippen molar-refractivity contribution in [3.8, 4) is 0 Å². The summed E-state index contributed by atoms with van der Waals surface area (Å²) in [5, 5.41) is 13.9. The summed E-state index contributed by atoms with van der Waals surface area (Å²) in [6, 6.07) is 8.62. The molecule has 17 heavy (non-hydrogen) atoms. The van der Waals surface area contributed by atoms with Crippen molar-refractivity contribution in [1.29, 1.82) is 0 Å². The average Bonchev–Trinajstić information content (AvgIpc) is 2.76. The summed E-state index contributed by atoms with van der Waals surface area (Å²) in [7, 11) is 0. The molecule has 0 amide bonds. The lowest BCUT2D eigenvalue weighted by Crippen LogP contribution is -2.36. The van der Waals surface area contributed by atoms with Crippen LogP contribution in [-0.2, 0) is 6.54 Å². The molecule has 2 aromatic rings. The second-order valence-electron chi connectivity index (χ2n) is 4.81. The Balaban J connectivity index is 2.02. The lowest BCUT2D eigenvalue weighted by molar-refractivity contribution is 0.210. The highest BCUT2D eigenvalue weighted by Crippen LogP contribution is 2.14. The van der Waals surface area contributed by atoms with Crippen LogP contribution in [0.2, 0.25) is 0 Å². The van der Waals surface area contributed by atoms with Crippen molar-refractivity contribution in [3.63, 3.8) is 0 Å². The molecule has 3 heteroatoms. The van der Waals surface area contributed by atoms with Crippen molar-refractivity contribution in [2.75, 3.05) is 6.61 Å². The maximum absolute atomic E-state index is 9.24. The van der Waals surface area contributed by atoms with Crippen molar-refractivity contribution in [2.24, 2.45) is 5.92 Å². The summed E-state index contributed by atoms with van der Waals surface area (Å²) in [4.78, 5) is 3.21. The number of aliphatic hydroxyl groups excluding tert-OH is 1. The minimum Gasteiger partial charge on any atom is -0.395 e. The average molecular weight is 232 g/mol. The van der Waals surface area contributed by atoms with Gasteiger partial charge in [0.05, 0.1) is 6.61 Å². The van der Waals surface area contributed by atoms with Crippen LogP contribution in [0.3, 0.4) is 0 Å². The largest absolute Gasteiger partial charge is 0.395 e. The molecule has 0 saturated carbocycles. The molecule has 0 bridgehead atoms. The predicted molar refractivity (Wildman–Crippen MR) is 70.9 cm³/mol. The second-order valence-corrected chi connectivity index (χ2v) is 4.81. The fourth-order valence-corrected chi connectivity index (χ4v) is 1.96. The first-order valence-electron chi connectivity index (χ1n) is 6.11. The fourth-order valence-electron chi connectivity index (χ4n) is 1.96. The first-order valence-corrected chi connectivity index (χ1v) is 6.11. The minimum atomic E-state index is 0.161. The highest BCUT2D eigenvalue weighted by Gasteiger charge is 2.10. The van der Waals surface area contributed by atoms with E-state index >= 15 is 0 Å². The zero-order valence-corrected chi connectivity index (χ0v) is 10.4. The molecule has 0 aliphatic carbocycles. The highest BCUT2D eigenvalue weighted by molar-refractivity contribution is 5.79. The molecule has 1 heterocycles. The molecule has 0 aliphatic rings. The number of aliphatic hydroxyl groups is 1. The van der Waals surface area contributed by atoms with Gasteiger partial charge in [-0.25, -0.2) is 0 Å². The summed E-state index contributed by atoms with van der Waals surface area (Å²) in [5.41, 5.74) is 2.40. The molecule has 3 nitrogen and oxygen atoms in total. The van der Waals surface area contributed by atoms with Crippen LogP contribution >= 0.6 is 0 Å². The van der Waals surface area contributed by atoms with Gasteiger partial charge in [0.15, 0.2) is 0 Å². The molecule has 92 valence electrons. The lowest BCUT2D eigenvalue weighted by atomic mass is 10.0. The predicted octanol–water partition coefficient (Wildman–Crippen LogP) is 2.27. The van der Waals surface area contributed by atoms with Gasteiger partial charge in [-0.15, -0.1) is 0 Å². The van der Waals surface area contributed by atoms with E-state index in [0.29, 0.717) is 5.92 Å². The number of benzene rings is 1. The molecule has 3 N–H and O–H groups in total. The van der Waals surface area contributed by atoms with Crippen LogP contribution in [-0.4, -0.2) is 22.7 Å². The Morgan fingerprint density at radius 2 is 2.12 bits per heavy atom. The molecule has 0 radical (unpaired) electrons. The number of aromatic nitrogens is 1. The van der Waals surface area contributed by atoms with Crippen molar-refractivity contribution in [2.45, 2.75) is 26.4 Å². The maximum Gasteiger partial charge on any atom is 0.0587 e. The standard InChI is InChI=1S/C14H20N2O/c1-10(2)14(9-17)16-8-11-3-4-12-5-6-15-13(12)7-11/h3-7,10,14-17H,8-9H2,1-2H3. The molecule has 1 aromatic heterocycles. The Morgan fingerprint density at radius 3 is 2.82 bits per heavy atom. The summed E-state index contributed by atoms with van der Waals surface area (Å²) >= 11 is 0. The van der Waals surface area contributed by atoms with Crippen LogP contribution in [0.25, 0.3) is 10.9 Å². The molecular formula is C14H20N2O. The molecule has 0 fully saturated rings. The number of aromatic amines is 1. The molecular weight excluding hydrogens is 212 g/mol. The number of hydrogen-bond acceptors (Lipinski definition) is 2. The van der Waals surface area contributed by atoms with Gasteiger partial charge in [0.25, 0.3) is 0 Å². The van der Waals surface area contributed by atoms with Crippen LogP contribution in [0.1, 0.15) is 19.4 Å². The van der Waals surface area contributed by atoms with E-state index in [0.717, 1.165) is 12.1 Å². The van der Waals surface area contributed by atoms with Crippen molar-refractivity contribution >= 4 is 10.9 Å². The molecule has 1 aromatic carbocycles. The summed E-state index contributed by atoms with van der Waals surface area (Å²) in [5.74, 6) is 0.439. The van der Waals surface area contributed by atoms with Gasteiger partial charge in [0.2, 0.25) is 0 Å². The van der Waals surface area contributed by atoms with E-state index in [2.05, 4.69) is 48.4 Å². The number of nitrogens with one attached hydrogen (secondary N) is 2. The van der Waals surface area contributed by atoms with E-state index in [1.165, 1.54) is 10.9 Å². The van der Waals surface area contributed by atoms with Crippen LogP contribution in [0.5, 0.6) is 0 Å². The zero-order chi connectivity index (χ0) is 12.3. The molecule has 0 spiro atoms.